The fourth-order valence-corrected chi connectivity index (χ4v) is 0.770. The molecule has 0 amide bonds. The highest BCUT2D eigenvalue weighted by atomic mass is 32.1. The van der Waals surface area contributed by atoms with E-state index in [1.165, 1.54) is 0 Å². The van der Waals surface area contributed by atoms with Gasteiger partial charge in [0.05, 0.1) is 5.92 Å². The Morgan fingerprint density at radius 2 is 2.44 bits per heavy atom. The van der Waals surface area contributed by atoms with Crippen molar-refractivity contribution in [2.24, 2.45) is 5.92 Å². The monoisotopic (exact) mass is 142 g/mol. The zero-order valence-corrected chi connectivity index (χ0v) is 6.32. The minimum Gasteiger partial charge on any atom is -0.286 e. The van der Waals surface area contributed by atoms with Crippen molar-refractivity contribution in [1.29, 1.82) is 0 Å². The maximum Gasteiger partial charge on any atom is 0.200 e. The number of rotatable bonds is 3. The van der Waals surface area contributed by atoms with E-state index in [9.17, 15) is 4.79 Å². The molecule has 1 unspecified atom stereocenters. The molecule has 0 saturated carbocycles. The molecule has 2 heteroatoms. The number of terminal acetylenes is 1. The zero-order valence-electron chi connectivity index (χ0n) is 5.42. The van der Waals surface area contributed by atoms with Gasteiger partial charge in [-0.05, 0) is 6.42 Å². The average Bonchev–Trinajstić information content (AvgIpc) is 1.82. The second kappa shape index (κ2) is 4.46. The molecule has 0 aliphatic heterocycles. The van der Waals surface area contributed by atoms with E-state index in [0.29, 0.717) is 0 Å². The van der Waals surface area contributed by atoms with Gasteiger partial charge in [0.25, 0.3) is 0 Å². The summed E-state index contributed by atoms with van der Waals surface area (Å²) in [6.07, 6.45) is 6.72. The minimum atomic E-state index is -0.279. The Bertz CT molecular complexity index is 134. The summed E-state index contributed by atoms with van der Waals surface area (Å²) in [6, 6.07) is 0. The molecular formula is C7H10OS. The average molecular weight is 142 g/mol. The molecule has 0 heterocycles. The van der Waals surface area contributed by atoms with Crippen LogP contribution >= 0.6 is 12.6 Å². The molecule has 0 N–H and O–H groups in total. The van der Waals surface area contributed by atoms with Crippen molar-refractivity contribution in [2.75, 3.05) is 0 Å². The van der Waals surface area contributed by atoms with Crippen molar-refractivity contribution in [3.8, 4) is 12.3 Å². The van der Waals surface area contributed by atoms with Crippen LogP contribution < -0.4 is 0 Å². The Labute approximate surface area is 61.2 Å². The smallest absolute Gasteiger partial charge is 0.200 e. The Hall–Kier alpha value is -0.420. The Kier molecular flexibility index (Phi) is 4.25. The van der Waals surface area contributed by atoms with E-state index >= 15 is 0 Å². The molecule has 0 aromatic rings. The van der Waals surface area contributed by atoms with Crippen LogP contribution in [0.25, 0.3) is 0 Å². The van der Waals surface area contributed by atoms with E-state index < -0.39 is 0 Å². The summed E-state index contributed by atoms with van der Waals surface area (Å²) in [6.45, 7) is 1.99. The van der Waals surface area contributed by atoms with Crippen molar-refractivity contribution in [3.63, 3.8) is 0 Å². The van der Waals surface area contributed by atoms with Crippen LogP contribution in [0.4, 0.5) is 0 Å². The van der Waals surface area contributed by atoms with Gasteiger partial charge in [0.15, 0.2) is 0 Å². The molecule has 0 saturated heterocycles. The summed E-state index contributed by atoms with van der Waals surface area (Å²) in [4.78, 5) is 10.5. The lowest BCUT2D eigenvalue weighted by Crippen LogP contribution is -2.04. The number of carbonyl (C=O) groups is 1. The van der Waals surface area contributed by atoms with E-state index in [2.05, 4.69) is 18.5 Å². The van der Waals surface area contributed by atoms with E-state index in [1.54, 1.807) is 0 Å². The third-order valence-corrected chi connectivity index (χ3v) is 1.39. The molecule has 0 rings (SSSR count). The first-order chi connectivity index (χ1) is 4.22. The highest BCUT2D eigenvalue weighted by Crippen LogP contribution is 2.07. The van der Waals surface area contributed by atoms with Crippen LogP contribution in [0.1, 0.15) is 19.8 Å². The van der Waals surface area contributed by atoms with Gasteiger partial charge in [-0.3, -0.25) is 4.79 Å². The molecule has 50 valence electrons. The molecule has 1 nitrogen and oxygen atoms in total. The minimum absolute atomic E-state index is 0.195. The van der Waals surface area contributed by atoms with Crippen LogP contribution in [0.5, 0.6) is 0 Å². The Morgan fingerprint density at radius 1 is 1.89 bits per heavy atom. The van der Waals surface area contributed by atoms with Gasteiger partial charge in [-0.2, -0.15) is 0 Å². The van der Waals surface area contributed by atoms with Crippen LogP contribution in [0.3, 0.4) is 0 Å². The lowest BCUT2D eigenvalue weighted by atomic mass is 10.1. The third kappa shape index (κ3) is 3.21. The largest absolute Gasteiger partial charge is 0.286 e. The SMILES string of the molecule is C#CC(CCC)C(=O)S. The Morgan fingerprint density at radius 3 is 2.56 bits per heavy atom. The van der Waals surface area contributed by atoms with Gasteiger partial charge < -0.3 is 0 Å². The second-order valence-electron chi connectivity index (χ2n) is 1.85. The first-order valence-corrected chi connectivity index (χ1v) is 3.36. The topological polar surface area (TPSA) is 17.1 Å². The van der Waals surface area contributed by atoms with Gasteiger partial charge in [-0.1, -0.05) is 19.3 Å². The number of hydrogen-bond donors (Lipinski definition) is 1. The van der Waals surface area contributed by atoms with Crippen molar-refractivity contribution in [2.45, 2.75) is 19.8 Å². The second-order valence-corrected chi connectivity index (χ2v) is 2.29. The van der Waals surface area contributed by atoms with Crippen molar-refractivity contribution in [3.05, 3.63) is 0 Å². The quantitative estimate of drug-likeness (QED) is 0.466. The summed E-state index contributed by atoms with van der Waals surface area (Å²) < 4.78 is 0. The van der Waals surface area contributed by atoms with Crippen LogP contribution in [-0.2, 0) is 4.79 Å². The third-order valence-electron chi connectivity index (χ3n) is 1.08. The van der Waals surface area contributed by atoms with Gasteiger partial charge in [0.1, 0.15) is 0 Å². The highest BCUT2D eigenvalue weighted by molar-refractivity contribution is 7.96. The van der Waals surface area contributed by atoms with Crippen LogP contribution in [0.15, 0.2) is 0 Å². The zero-order chi connectivity index (χ0) is 7.28. The molecule has 0 spiro atoms. The maximum atomic E-state index is 10.5. The molecule has 9 heavy (non-hydrogen) atoms. The fraction of sp³-hybridized carbons (Fsp3) is 0.571. The summed E-state index contributed by atoms with van der Waals surface area (Å²) in [5.41, 5.74) is 0. The molecular weight excluding hydrogens is 132 g/mol. The van der Waals surface area contributed by atoms with Crippen LogP contribution in [0, 0.1) is 18.3 Å². The lowest BCUT2D eigenvalue weighted by Gasteiger charge is -2.00. The predicted molar refractivity (Wildman–Crippen MR) is 41.2 cm³/mol. The van der Waals surface area contributed by atoms with Gasteiger partial charge in [0, 0.05) is 0 Å². The fourth-order valence-electron chi connectivity index (χ4n) is 0.567. The maximum absolute atomic E-state index is 10.5. The molecule has 0 bridgehead atoms. The first kappa shape index (κ1) is 8.58. The molecule has 0 aromatic carbocycles. The highest BCUT2D eigenvalue weighted by Gasteiger charge is 2.08. The van der Waals surface area contributed by atoms with E-state index in [-0.39, 0.29) is 11.0 Å². The van der Waals surface area contributed by atoms with Crippen LogP contribution in [-0.4, -0.2) is 5.12 Å². The van der Waals surface area contributed by atoms with Gasteiger partial charge in [-0.25, -0.2) is 0 Å². The molecule has 0 radical (unpaired) electrons. The van der Waals surface area contributed by atoms with Crippen molar-refractivity contribution >= 4 is 17.7 Å². The number of carbonyl (C=O) groups excluding carboxylic acids is 1. The number of hydrogen-bond acceptors (Lipinski definition) is 1. The molecule has 0 aliphatic carbocycles. The molecule has 0 fully saturated rings. The van der Waals surface area contributed by atoms with Gasteiger partial charge >= 0.3 is 0 Å². The van der Waals surface area contributed by atoms with Crippen LogP contribution in [0.2, 0.25) is 0 Å². The predicted octanol–water partition coefficient (Wildman–Crippen LogP) is 1.49. The van der Waals surface area contributed by atoms with Gasteiger partial charge in [-0.15, -0.1) is 19.1 Å². The van der Waals surface area contributed by atoms with E-state index in [1.807, 2.05) is 6.92 Å². The normalized spacial score (nSPS) is 12.1. The molecule has 0 aromatic heterocycles. The summed E-state index contributed by atoms with van der Waals surface area (Å²) in [5, 5.41) is -0.195. The standard InChI is InChI=1S/C7H10OS/c1-3-5-6(4-2)7(8)9/h2,6H,3,5H2,1H3,(H,8,9). The molecule has 0 aliphatic rings. The first-order valence-electron chi connectivity index (χ1n) is 2.91. The molecule has 1 atom stereocenters. The summed E-state index contributed by atoms with van der Waals surface area (Å²) in [7, 11) is 0. The summed E-state index contributed by atoms with van der Waals surface area (Å²) >= 11 is 3.63. The van der Waals surface area contributed by atoms with Crippen molar-refractivity contribution < 1.29 is 4.79 Å². The van der Waals surface area contributed by atoms with E-state index in [4.69, 9.17) is 6.42 Å². The van der Waals surface area contributed by atoms with Gasteiger partial charge in [0.2, 0.25) is 5.12 Å². The van der Waals surface area contributed by atoms with Crippen molar-refractivity contribution in [1.82, 2.24) is 0 Å². The van der Waals surface area contributed by atoms with E-state index in [0.717, 1.165) is 12.8 Å². The summed E-state index contributed by atoms with van der Waals surface area (Å²) in [5.74, 6) is 2.10. The lowest BCUT2D eigenvalue weighted by molar-refractivity contribution is -0.112. The number of thiol groups is 1. The Balaban J connectivity index is 3.72.